The van der Waals surface area contributed by atoms with Crippen molar-refractivity contribution in [1.29, 1.82) is 0 Å². The number of fused-ring (bicyclic) bond motifs is 5. The van der Waals surface area contributed by atoms with Crippen molar-refractivity contribution in [2.24, 2.45) is 52.3 Å². The van der Waals surface area contributed by atoms with E-state index in [0.717, 1.165) is 51.4 Å². The topological polar surface area (TPSA) is 720 Å². The highest BCUT2D eigenvalue weighted by Gasteiger charge is 2.63. The van der Waals surface area contributed by atoms with Gasteiger partial charge in [-0.05, 0) is 110 Å². The quantitative estimate of drug-likeness (QED) is 0.0335. The molecule has 0 radical (unpaired) electrons. The number of ether oxygens (including phenoxy) is 6. The standard InChI is InChI=1S/C45H78O46S10/c1-21(2)7-6-8-22(3)26-11-12-27-25-10-9-23-17-24(13-15-44(23,4)28(25)14-16-45(26,27)5)79-41-38(89-99(67,68)69)35(86-96(58,59)60)32(29(80-41)18-76-92(46,47)48)83-42-39(90-100(70,71)72)36(87-97(61,62)63)33(30(81-42)19-77-93(49,50)51)84-43-40(91-101(73,74)75)37(88-98(64,65)66)34(85-95(55,56)57)31(82-43)20-78-94(52,53)54/h21-43H,6-20H2,1-5H3,(H,46,47,48)(H,49,50,51)(H,52,53,54)(H,55,56,57)(H,58,59,60)(H,61,62,63)(H,64,65,66)(H,67,68,69)(H,70,71,72)(H,73,74,75)/p-10/t22-,23+,24+,25+,26-,27+,28+,29-,30-,31-,32-,33-,34-,35+,36+,37+,38-,39-,40-,41-,42-,43-,44+,45-/m1/s1. The molecule has 0 aromatic rings. The van der Waals surface area contributed by atoms with Crippen LogP contribution in [0.3, 0.4) is 0 Å². The minimum absolute atomic E-state index is 0.0178. The molecule has 0 aromatic heterocycles. The fourth-order valence-electron chi connectivity index (χ4n) is 15.7. The average molecular weight is 1670 g/mol. The van der Waals surface area contributed by atoms with Gasteiger partial charge >= 0.3 is 0 Å². The van der Waals surface area contributed by atoms with Gasteiger partial charge in [0.1, 0.15) is 54.9 Å². The molecule has 0 N–H and O–H groups in total. The van der Waals surface area contributed by atoms with E-state index in [1.807, 2.05) is 0 Å². The van der Waals surface area contributed by atoms with Crippen molar-refractivity contribution in [3.63, 3.8) is 0 Å². The molecule has 24 atom stereocenters. The SMILES string of the molecule is CC(C)CCC[C@@H](C)[C@H]1CC[C@H]2[C@@H]3CC[C@H]4C[C@@H](O[C@@H]5O[C@H](COS(=O)(=O)[O-])[C@@H](O[C@H]6O[C@H](COS(=O)(=O)[O-])[C@@H](O[C@H]7O[C@H](COS(=O)(=O)[O-])[C@@H](OS(=O)(=O)[O-])[C@H](OS(=O)(=O)[O-])[C@H]7OS(=O)(=O)[O-])[C@H](OS(=O)(=O)[O-])[C@H]6OS(=O)(=O)[O-])[C@H](OS(=O)(=O)[O-])[C@H]5OS(=O)(=O)[O-])CC[C@]4(C)[C@H]3CC[C@]12C. The molecule has 3 saturated heterocycles. The lowest BCUT2D eigenvalue weighted by atomic mass is 9.44. The summed E-state index contributed by atoms with van der Waals surface area (Å²) in [6, 6.07) is 0. The van der Waals surface area contributed by atoms with Gasteiger partial charge in [-0.1, -0.05) is 53.9 Å². The summed E-state index contributed by atoms with van der Waals surface area (Å²) in [5.41, 5.74) is -0.351. The molecular weight excluding hydrogens is 1600 g/mol. The summed E-state index contributed by atoms with van der Waals surface area (Å²) in [6.45, 7) is 4.61. The van der Waals surface area contributed by atoms with E-state index < -0.39 is 227 Å². The van der Waals surface area contributed by atoms with Crippen LogP contribution in [0.2, 0.25) is 0 Å². The molecule has 7 rings (SSSR count). The Kier molecular flexibility index (Phi) is 27.6. The van der Waals surface area contributed by atoms with Gasteiger partial charge in [0.05, 0.1) is 25.9 Å². The summed E-state index contributed by atoms with van der Waals surface area (Å²) >= 11 is 0. The normalized spacial score (nSPS) is 37.8. The van der Waals surface area contributed by atoms with Gasteiger partial charge in [-0.3, -0.25) is 41.8 Å². The lowest BCUT2D eigenvalue weighted by molar-refractivity contribution is -0.371. The maximum atomic E-state index is 12.8. The second-order valence-electron chi connectivity index (χ2n) is 25.9. The molecule has 7 fully saturated rings. The third-order valence-electron chi connectivity index (χ3n) is 19.2. The molecule has 56 heteroatoms. The minimum atomic E-state index is -6.88. The first-order valence-electron chi connectivity index (χ1n) is 29.9. The lowest BCUT2D eigenvalue weighted by Gasteiger charge is -2.61. The second-order valence-corrected chi connectivity index (χ2v) is 36.1. The molecular formula is C45H68O46S10-10. The third-order valence-corrected chi connectivity index (χ3v) is 23.7. The fraction of sp³-hybridized carbons (Fsp3) is 1.00. The van der Waals surface area contributed by atoms with Crippen LogP contribution in [0.5, 0.6) is 0 Å². The van der Waals surface area contributed by atoms with Crippen LogP contribution in [-0.4, -0.2) is 248 Å². The molecule has 0 bridgehead atoms. The Morgan fingerprint density at radius 2 is 0.703 bits per heavy atom. The van der Waals surface area contributed by atoms with Crippen molar-refractivity contribution in [3.05, 3.63) is 0 Å². The summed E-state index contributed by atoms with van der Waals surface area (Å²) in [6.07, 6.45) is -44.0. The van der Waals surface area contributed by atoms with Gasteiger partial charge < -0.3 is 73.9 Å². The smallest absolute Gasteiger partial charge is 0.218 e. The number of rotatable bonds is 34. The zero-order valence-corrected chi connectivity index (χ0v) is 60.9. The Hall–Kier alpha value is -1.54. The Labute approximate surface area is 582 Å². The van der Waals surface area contributed by atoms with E-state index in [2.05, 4.69) is 76.4 Å². The van der Waals surface area contributed by atoms with Crippen LogP contribution in [-0.2, 0) is 174 Å². The van der Waals surface area contributed by atoms with E-state index >= 15 is 0 Å². The summed E-state index contributed by atoms with van der Waals surface area (Å²) < 4.78 is 444. The van der Waals surface area contributed by atoms with Crippen molar-refractivity contribution in [1.82, 2.24) is 0 Å². The van der Waals surface area contributed by atoms with Gasteiger partial charge in [-0.15, -0.1) is 0 Å². The van der Waals surface area contributed by atoms with Crippen molar-refractivity contribution in [3.8, 4) is 0 Å². The lowest BCUT2D eigenvalue weighted by Crippen LogP contribution is -2.69. The zero-order chi connectivity index (χ0) is 76.2. The Morgan fingerprint density at radius 3 is 1.08 bits per heavy atom. The average Bonchev–Trinajstić information content (AvgIpc) is 1.69. The maximum Gasteiger partial charge on any atom is 0.218 e. The summed E-state index contributed by atoms with van der Waals surface area (Å²) in [4.78, 5) is 0. The molecule has 0 unspecified atom stereocenters. The maximum absolute atomic E-state index is 12.8. The van der Waals surface area contributed by atoms with E-state index in [1.165, 1.54) is 0 Å². The molecule has 3 aliphatic heterocycles. The van der Waals surface area contributed by atoms with Gasteiger partial charge in [-0.2, -0.15) is 0 Å². The van der Waals surface area contributed by atoms with Crippen molar-refractivity contribution >= 4 is 104 Å². The van der Waals surface area contributed by atoms with Gasteiger partial charge in [0, 0.05) is 0 Å². The van der Waals surface area contributed by atoms with E-state index in [0.29, 0.717) is 42.4 Å². The Bertz CT molecular complexity index is 4090. The summed E-state index contributed by atoms with van der Waals surface area (Å²) in [5, 5.41) is 0. The molecule has 46 nitrogen and oxygen atoms in total. The fourth-order valence-corrected chi connectivity index (χ4v) is 20.0. The van der Waals surface area contributed by atoms with Crippen molar-refractivity contribution in [2.45, 2.75) is 210 Å². The number of hydrogen-bond acceptors (Lipinski definition) is 46. The van der Waals surface area contributed by atoms with Crippen LogP contribution >= 0.6 is 0 Å². The molecule has 594 valence electrons. The van der Waals surface area contributed by atoms with Crippen LogP contribution in [0, 0.1) is 52.3 Å². The molecule has 3 heterocycles. The minimum Gasteiger partial charge on any atom is -0.726 e. The molecule has 7 aliphatic rings. The van der Waals surface area contributed by atoms with Gasteiger partial charge in [-0.25, -0.2) is 84.2 Å². The van der Waals surface area contributed by atoms with Crippen LogP contribution in [0.15, 0.2) is 0 Å². The molecule has 0 spiro atoms. The van der Waals surface area contributed by atoms with E-state index in [1.54, 1.807) is 0 Å². The second kappa shape index (κ2) is 32.2. The van der Waals surface area contributed by atoms with Gasteiger partial charge in [0.15, 0.2) is 37.2 Å². The Morgan fingerprint density at radius 1 is 0.366 bits per heavy atom. The predicted molar refractivity (Wildman–Crippen MR) is 303 cm³/mol. The molecule has 0 amide bonds. The molecule has 4 aliphatic carbocycles. The first-order chi connectivity index (χ1) is 45.7. The largest absolute Gasteiger partial charge is 0.726 e. The molecule has 4 saturated carbocycles. The van der Waals surface area contributed by atoms with Crippen LogP contribution in [0.25, 0.3) is 0 Å². The third kappa shape index (κ3) is 25.0. The zero-order valence-electron chi connectivity index (χ0n) is 52.7. The van der Waals surface area contributed by atoms with Crippen LogP contribution in [0.4, 0.5) is 0 Å². The van der Waals surface area contributed by atoms with Crippen LogP contribution < -0.4 is 0 Å². The van der Waals surface area contributed by atoms with E-state index in [4.69, 9.17) is 28.4 Å². The van der Waals surface area contributed by atoms with Gasteiger partial charge in [0.2, 0.25) is 104 Å². The highest BCUT2D eigenvalue weighted by Crippen LogP contribution is 2.69. The van der Waals surface area contributed by atoms with Crippen molar-refractivity contribution in [2.75, 3.05) is 19.8 Å². The van der Waals surface area contributed by atoms with Crippen LogP contribution in [0.1, 0.15) is 112 Å². The highest BCUT2D eigenvalue weighted by atomic mass is 32.3. The monoisotopic (exact) mass is 1660 g/mol. The summed E-state index contributed by atoms with van der Waals surface area (Å²) in [5.74, 6) is 2.13. The first-order valence-corrected chi connectivity index (χ1v) is 43.2. The summed E-state index contributed by atoms with van der Waals surface area (Å²) in [7, 11) is -65.4. The van der Waals surface area contributed by atoms with E-state index in [-0.39, 0.29) is 30.1 Å². The predicted octanol–water partition coefficient (Wildman–Crippen LogP) is -4.21. The van der Waals surface area contributed by atoms with E-state index in [9.17, 15) is 130 Å². The first kappa shape index (κ1) is 86.7. The Balaban J connectivity index is 1.31. The molecule has 0 aromatic carbocycles. The highest BCUT2D eigenvalue weighted by molar-refractivity contribution is 7.83. The number of hydrogen-bond donors (Lipinski definition) is 0. The van der Waals surface area contributed by atoms with Gasteiger partial charge in [0.25, 0.3) is 0 Å². The molecule has 101 heavy (non-hydrogen) atoms. The van der Waals surface area contributed by atoms with Crippen molar-refractivity contribution < 1.29 is 200 Å².